The first-order valence-electron chi connectivity index (χ1n) is 10.7. The second kappa shape index (κ2) is 8.88. The molecule has 0 N–H and O–H groups in total. The Morgan fingerprint density at radius 3 is 2.48 bits per heavy atom. The fourth-order valence-electron chi connectivity index (χ4n) is 4.13. The molecule has 0 atom stereocenters. The van der Waals surface area contributed by atoms with E-state index in [9.17, 15) is 8.42 Å². The van der Waals surface area contributed by atoms with Crippen LogP contribution in [0.25, 0.3) is 0 Å². The molecule has 0 saturated carbocycles. The van der Waals surface area contributed by atoms with Crippen LogP contribution in [-0.4, -0.2) is 56.9 Å². The number of para-hydroxylation sites is 1. The zero-order chi connectivity index (χ0) is 22.1. The number of nitrogens with zero attached hydrogens (tertiary/aromatic N) is 2. The fraction of sp³-hybridized carbons (Fsp3) is 0.478. The molecule has 0 aromatic heterocycles. The van der Waals surface area contributed by atoms with Crippen LogP contribution in [0.4, 0.5) is 5.69 Å². The Labute approximate surface area is 189 Å². The highest BCUT2D eigenvalue weighted by molar-refractivity contribution is 7.89. The highest BCUT2D eigenvalue weighted by Gasteiger charge is 2.32. The zero-order valence-corrected chi connectivity index (χ0v) is 19.6. The number of fused-ring (bicyclic) bond motifs is 1. The van der Waals surface area contributed by atoms with Crippen molar-refractivity contribution in [2.75, 3.05) is 43.4 Å². The quantitative estimate of drug-likeness (QED) is 0.580. The molecule has 2 aromatic carbocycles. The van der Waals surface area contributed by atoms with Gasteiger partial charge in [0.05, 0.1) is 12.4 Å². The normalized spacial score (nSPS) is 18.5. The number of ether oxygens (including phenoxy) is 2. The standard InChI is InChI=1S/C23H29ClN2O4S/c1-23(2)17-18-5-3-6-21(22(18)30-23)29-15-4-16-31(27,28)26-13-11-25(12-14-26)20-9-7-19(24)8-10-20/h3,5-10H,4,11-17H2,1-2H3. The van der Waals surface area contributed by atoms with Crippen LogP contribution in [-0.2, 0) is 16.4 Å². The summed E-state index contributed by atoms with van der Waals surface area (Å²) >= 11 is 5.95. The van der Waals surface area contributed by atoms with Crippen molar-refractivity contribution >= 4 is 27.3 Å². The van der Waals surface area contributed by atoms with Crippen LogP contribution >= 0.6 is 11.6 Å². The Balaban J connectivity index is 1.25. The maximum absolute atomic E-state index is 12.8. The molecular formula is C23H29ClN2O4S. The Hall–Kier alpha value is -1.96. The van der Waals surface area contributed by atoms with E-state index < -0.39 is 10.0 Å². The molecule has 8 heteroatoms. The van der Waals surface area contributed by atoms with E-state index in [2.05, 4.69) is 18.7 Å². The summed E-state index contributed by atoms with van der Waals surface area (Å²) in [5.41, 5.74) is 1.96. The van der Waals surface area contributed by atoms with Crippen molar-refractivity contribution in [1.29, 1.82) is 0 Å². The summed E-state index contributed by atoms with van der Waals surface area (Å²) in [5.74, 6) is 1.56. The maximum Gasteiger partial charge on any atom is 0.214 e. The van der Waals surface area contributed by atoms with Crippen molar-refractivity contribution in [3.05, 3.63) is 53.1 Å². The lowest BCUT2D eigenvalue weighted by Crippen LogP contribution is -2.49. The summed E-state index contributed by atoms with van der Waals surface area (Å²) in [5, 5.41) is 0.697. The van der Waals surface area contributed by atoms with Gasteiger partial charge in [-0.1, -0.05) is 23.7 Å². The van der Waals surface area contributed by atoms with E-state index >= 15 is 0 Å². The number of hydrogen-bond acceptors (Lipinski definition) is 5. The minimum absolute atomic E-state index is 0.0787. The fourth-order valence-corrected chi connectivity index (χ4v) is 5.72. The summed E-state index contributed by atoms with van der Waals surface area (Å²) in [7, 11) is -3.31. The molecule has 0 spiro atoms. The molecule has 0 aliphatic carbocycles. The highest BCUT2D eigenvalue weighted by Crippen LogP contribution is 2.41. The van der Waals surface area contributed by atoms with Crippen LogP contribution in [0.2, 0.25) is 5.02 Å². The zero-order valence-electron chi connectivity index (χ0n) is 18.0. The lowest BCUT2D eigenvalue weighted by atomic mass is 10.0. The van der Waals surface area contributed by atoms with Crippen LogP contribution in [0.1, 0.15) is 25.8 Å². The Kier molecular flexibility index (Phi) is 6.37. The second-order valence-corrected chi connectivity index (χ2v) is 11.2. The SMILES string of the molecule is CC1(C)Cc2cccc(OCCCS(=O)(=O)N3CCN(c4ccc(Cl)cc4)CC3)c2O1. The molecule has 168 valence electrons. The third-order valence-corrected chi connectivity index (χ3v) is 7.89. The minimum Gasteiger partial charge on any atom is -0.490 e. The second-order valence-electron chi connectivity index (χ2n) is 8.66. The third kappa shape index (κ3) is 5.27. The Bertz CT molecular complexity index is 1020. The molecule has 31 heavy (non-hydrogen) atoms. The van der Waals surface area contributed by atoms with Crippen molar-refractivity contribution in [3.8, 4) is 11.5 Å². The van der Waals surface area contributed by atoms with Crippen LogP contribution in [0.15, 0.2) is 42.5 Å². The Morgan fingerprint density at radius 2 is 1.77 bits per heavy atom. The third-order valence-electron chi connectivity index (χ3n) is 5.68. The van der Waals surface area contributed by atoms with E-state index in [-0.39, 0.29) is 11.4 Å². The molecule has 0 radical (unpaired) electrons. The molecule has 1 fully saturated rings. The molecule has 6 nitrogen and oxygen atoms in total. The molecule has 1 saturated heterocycles. The van der Waals surface area contributed by atoms with Gasteiger partial charge in [0.1, 0.15) is 5.60 Å². The van der Waals surface area contributed by atoms with Crippen LogP contribution in [0, 0.1) is 0 Å². The van der Waals surface area contributed by atoms with Crippen LogP contribution < -0.4 is 14.4 Å². The van der Waals surface area contributed by atoms with Crippen molar-refractivity contribution in [1.82, 2.24) is 4.31 Å². The average Bonchev–Trinajstić information content (AvgIpc) is 3.06. The van der Waals surface area contributed by atoms with Gasteiger partial charge in [0.25, 0.3) is 0 Å². The van der Waals surface area contributed by atoms with Crippen molar-refractivity contribution in [3.63, 3.8) is 0 Å². The van der Waals surface area contributed by atoms with E-state index in [0.29, 0.717) is 50.0 Å². The number of piperazine rings is 1. The number of benzene rings is 2. The first-order valence-corrected chi connectivity index (χ1v) is 12.6. The van der Waals surface area contributed by atoms with Gasteiger partial charge in [-0.3, -0.25) is 0 Å². The predicted molar refractivity (Wildman–Crippen MR) is 124 cm³/mol. The number of hydrogen-bond donors (Lipinski definition) is 0. The van der Waals surface area contributed by atoms with Gasteiger partial charge in [-0.2, -0.15) is 4.31 Å². The van der Waals surface area contributed by atoms with Gasteiger partial charge in [0, 0.05) is 48.9 Å². The summed E-state index contributed by atoms with van der Waals surface area (Å²) in [6.45, 7) is 6.75. The molecule has 2 aliphatic heterocycles. The summed E-state index contributed by atoms with van der Waals surface area (Å²) in [6.07, 6.45) is 1.28. The van der Waals surface area contributed by atoms with E-state index in [4.69, 9.17) is 21.1 Å². The van der Waals surface area contributed by atoms with Crippen molar-refractivity contribution < 1.29 is 17.9 Å². The lowest BCUT2D eigenvalue weighted by molar-refractivity contribution is 0.132. The van der Waals surface area contributed by atoms with E-state index in [1.54, 1.807) is 4.31 Å². The predicted octanol–water partition coefficient (Wildman–Crippen LogP) is 3.97. The number of halogens is 1. The van der Waals surface area contributed by atoms with Gasteiger partial charge in [0.15, 0.2) is 11.5 Å². The highest BCUT2D eigenvalue weighted by atomic mass is 35.5. The van der Waals surface area contributed by atoms with Gasteiger partial charge < -0.3 is 14.4 Å². The molecule has 2 heterocycles. The smallest absolute Gasteiger partial charge is 0.214 e. The van der Waals surface area contributed by atoms with Gasteiger partial charge in [0.2, 0.25) is 10.0 Å². The van der Waals surface area contributed by atoms with Gasteiger partial charge in [-0.05, 0) is 50.6 Å². The van der Waals surface area contributed by atoms with Crippen LogP contribution in [0.3, 0.4) is 0 Å². The van der Waals surface area contributed by atoms with Gasteiger partial charge in [-0.25, -0.2) is 8.42 Å². The largest absolute Gasteiger partial charge is 0.490 e. The van der Waals surface area contributed by atoms with Gasteiger partial charge >= 0.3 is 0 Å². The minimum atomic E-state index is -3.31. The van der Waals surface area contributed by atoms with Crippen molar-refractivity contribution in [2.24, 2.45) is 0 Å². The molecule has 0 bridgehead atoms. The number of anilines is 1. The monoisotopic (exact) mass is 464 g/mol. The maximum atomic E-state index is 12.8. The molecule has 2 aromatic rings. The van der Waals surface area contributed by atoms with Crippen molar-refractivity contribution in [2.45, 2.75) is 32.3 Å². The van der Waals surface area contributed by atoms with Gasteiger partial charge in [-0.15, -0.1) is 0 Å². The van der Waals surface area contributed by atoms with Crippen LogP contribution in [0.5, 0.6) is 11.5 Å². The number of rotatable bonds is 7. The molecule has 4 rings (SSSR count). The topological polar surface area (TPSA) is 59.1 Å². The van der Waals surface area contributed by atoms with E-state index in [0.717, 1.165) is 23.4 Å². The lowest BCUT2D eigenvalue weighted by Gasteiger charge is -2.35. The Morgan fingerprint density at radius 1 is 1.06 bits per heavy atom. The summed E-state index contributed by atoms with van der Waals surface area (Å²) in [4.78, 5) is 2.18. The summed E-state index contributed by atoms with van der Waals surface area (Å²) < 4.78 is 39.0. The van der Waals surface area contributed by atoms with E-state index in [1.807, 2.05) is 42.5 Å². The summed E-state index contributed by atoms with van der Waals surface area (Å²) in [6, 6.07) is 13.5. The first kappa shape index (κ1) is 22.2. The van der Waals surface area contributed by atoms with E-state index in [1.165, 1.54) is 0 Å². The average molecular weight is 465 g/mol. The molecule has 0 unspecified atom stereocenters. The first-order chi connectivity index (χ1) is 14.7. The molecule has 2 aliphatic rings. The number of sulfonamides is 1. The molecule has 0 amide bonds. The molecular weight excluding hydrogens is 436 g/mol.